The third-order valence-corrected chi connectivity index (χ3v) is 3.13. The zero-order valence-electron chi connectivity index (χ0n) is 10.2. The molecule has 0 aliphatic carbocycles. The van der Waals surface area contributed by atoms with E-state index in [4.69, 9.17) is 5.73 Å². The van der Waals surface area contributed by atoms with Crippen molar-refractivity contribution < 1.29 is 4.39 Å². The molecule has 0 spiro atoms. The highest BCUT2D eigenvalue weighted by Crippen LogP contribution is 2.21. The van der Waals surface area contributed by atoms with Crippen molar-refractivity contribution >= 4 is 11.0 Å². The molecule has 4 nitrogen and oxygen atoms in total. The Hall–Kier alpha value is -2.27. The van der Waals surface area contributed by atoms with Gasteiger partial charge in [0.1, 0.15) is 17.8 Å². The maximum atomic E-state index is 12.9. The summed E-state index contributed by atoms with van der Waals surface area (Å²) in [6.07, 6.45) is 4.01. The molecule has 0 saturated carbocycles. The highest BCUT2D eigenvalue weighted by molar-refractivity contribution is 5.82. The van der Waals surface area contributed by atoms with Crippen LogP contribution in [-0.4, -0.2) is 15.0 Å². The van der Waals surface area contributed by atoms with E-state index in [0.717, 1.165) is 27.9 Å². The fourth-order valence-corrected chi connectivity index (χ4v) is 2.19. The molecule has 0 fully saturated rings. The van der Waals surface area contributed by atoms with E-state index >= 15 is 0 Å². The van der Waals surface area contributed by atoms with Crippen LogP contribution in [0.25, 0.3) is 11.0 Å². The summed E-state index contributed by atoms with van der Waals surface area (Å²) < 4.78 is 12.9. The molecule has 3 rings (SSSR count). The molecule has 0 atom stereocenters. The van der Waals surface area contributed by atoms with Crippen LogP contribution in [0.5, 0.6) is 0 Å². The van der Waals surface area contributed by atoms with Crippen molar-refractivity contribution in [2.24, 2.45) is 5.73 Å². The highest BCUT2D eigenvalue weighted by atomic mass is 19.1. The summed E-state index contributed by atoms with van der Waals surface area (Å²) in [5.41, 5.74) is 9.40. The summed E-state index contributed by atoms with van der Waals surface area (Å²) in [6, 6.07) is 6.43. The van der Waals surface area contributed by atoms with Crippen molar-refractivity contribution in [2.75, 3.05) is 0 Å². The quantitative estimate of drug-likeness (QED) is 0.754. The Bertz CT molecular complexity index is 703. The minimum Gasteiger partial charge on any atom is -0.346 e. The molecule has 0 aliphatic rings. The Labute approximate surface area is 109 Å². The van der Waals surface area contributed by atoms with E-state index < -0.39 is 0 Å². The zero-order valence-corrected chi connectivity index (χ0v) is 10.2. The topological polar surface area (TPSA) is 67.6 Å². The molecule has 0 bridgehead atoms. The van der Waals surface area contributed by atoms with E-state index in [1.54, 1.807) is 12.1 Å². The molecule has 0 amide bonds. The van der Waals surface area contributed by atoms with E-state index in [-0.39, 0.29) is 5.82 Å². The van der Waals surface area contributed by atoms with Gasteiger partial charge >= 0.3 is 0 Å². The molecule has 1 aromatic carbocycles. The molecule has 2 aromatic heterocycles. The molecule has 0 saturated heterocycles. The average Bonchev–Trinajstić information content (AvgIpc) is 2.85. The lowest BCUT2D eigenvalue weighted by Crippen LogP contribution is -1.99. The average molecular weight is 256 g/mol. The van der Waals surface area contributed by atoms with Crippen LogP contribution < -0.4 is 5.73 Å². The number of H-pyrrole nitrogens is 1. The van der Waals surface area contributed by atoms with Gasteiger partial charge in [-0.2, -0.15) is 0 Å². The van der Waals surface area contributed by atoms with E-state index in [1.165, 1.54) is 18.5 Å². The fraction of sp³-hybridized carbons (Fsp3) is 0.143. The second-order valence-corrected chi connectivity index (χ2v) is 4.37. The van der Waals surface area contributed by atoms with Crippen LogP contribution in [-0.2, 0) is 13.0 Å². The number of benzene rings is 1. The summed E-state index contributed by atoms with van der Waals surface area (Å²) in [7, 11) is 0. The van der Waals surface area contributed by atoms with Gasteiger partial charge in [0.05, 0.1) is 5.69 Å². The summed E-state index contributed by atoms with van der Waals surface area (Å²) in [5, 5.41) is 0.967. The molecule has 19 heavy (non-hydrogen) atoms. The van der Waals surface area contributed by atoms with Gasteiger partial charge in [-0.1, -0.05) is 12.1 Å². The van der Waals surface area contributed by atoms with Crippen molar-refractivity contribution in [1.82, 2.24) is 15.0 Å². The van der Waals surface area contributed by atoms with Gasteiger partial charge in [-0.05, 0) is 23.3 Å². The van der Waals surface area contributed by atoms with Crippen LogP contribution in [0.2, 0.25) is 0 Å². The van der Waals surface area contributed by atoms with Gasteiger partial charge in [0.15, 0.2) is 0 Å². The summed E-state index contributed by atoms with van der Waals surface area (Å²) >= 11 is 0. The number of fused-ring (bicyclic) bond motifs is 1. The smallest absolute Gasteiger partial charge is 0.141 e. The molecule has 0 unspecified atom stereocenters. The number of rotatable bonds is 3. The normalized spacial score (nSPS) is 11.1. The summed E-state index contributed by atoms with van der Waals surface area (Å²) in [4.78, 5) is 11.6. The molecule has 0 radical (unpaired) electrons. The Morgan fingerprint density at radius 3 is 2.68 bits per heavy atom. The van der Waals surface area contributed by atoms with Crippen LogP contribution in [0.4, 0.5) is 4.39 Å². The Kier molecular flexibility index (Phi) is 2.97. The monoisotopic (exact) mass is 256 g/mol. The minimum atomic E-state index is -0.235. The largest absolute Gasteiger partial charge is 0.346 e. The standard InChI is InChI=1S/C14H13FN4/c15-11-3-1-9(2-4-11)5-12-13-10(6-16)7-17-14(13)19-8-18-12/h1-4,7-8H,5-6,16H2,(H,17,18,19). The number of aromatic nitrogens is 3. The van der Waals surface area contributed by atoms with Crippen molar-refractivity contribution in [1.29, 1.82) is 0 Å². The van der Waals surface area contributed by atoms with Crippen LogP contribution in [0.1, 0.15) is 16.8 Å². The van der Waals surface area contributed by atoms with Crippen LogP contribution in [0.15, 0.2) is 36.8 Å². The lowest BCUT2D eigenvalue weighted by molar-refractivity contribution is 0.627. The SMILES string of the molecule is NCc1c[nH]c2ncnc(Cc3ccc(F)cc3)c12. The maximum absolute atomic E-state index is 12.9. The maximum Gasteiger partial charge on any atom is 0.141 e. The van der Waals surface area contributed by atoms with Gasteiger partial charge in [-0.15, -0.1) is 0 Å². The Morgan fingerprint density at radius 2 is 1.95 bits per heavy atom. The number of aromatic amines is 1. The second kappa shape index (κ2) is 4.78. The molecule has 3 N–H and O–H groups in total. The van der Waals surface area contributed by atoms with E-state index in [1.807, 2.05) is 6.20 Å². The number of halogens is 1. The lowest BCUT2D eigenvalue weighted by atomic mass is 10.1. The number of nitrogens with one attached hydrogen (secondary N) is 1. The molecular formula is C14H13FN4. The van der Waals surface area contributed by atoms with Gasteiger partial charge in [-0.25, -0.2) is 14.4 Å². The summed E-state index contributed by atoms with van der Waals surface area (Å²) in [6.45, 7) is 0.434. The van der Waals surface area contributed by atoms with E-state index in [2.05, 4.69) is 15.0 Å². The third-order valence-electron chi connectivity index (χ3n) is 3.13. The van der Waals surface area contributed by atoms with Gasteiger partial charge < -0.3 is 10.7 Å². The third kappa shape index (κ3) is 2.20. The first-order chi connectivity index (χ1) is 9.28. The fourth-order valence-electron chi connectivity index (χ4n) is 2.19. The van der Waals surface area contributed by atoms with Crippen LogP contribution in [0.3, 0.4) is 0 Å². The van der Waals surface area contributed by atoms with Crippen molar-refractivity contribution in [3.63, 3.8) is 0 Å². The van der Waals surface area contributed by atoms with Gasteiger partial charge in [-0.3, -0.25) is 0 Å². The number of nitrogens with zero attached hydrogens (tertiary/aromatic N) is 2. The summed E-state index contributed by atoms with van der Waals surface area (Å²) in [5.74, 6) is -0.235. The number of hydrogen-bond acceptors (Lipinski definition) is 3. The van der Waals surface area contributed by atoms with E-state index in [9.17, 15) is 4.39 Å². The van der Waals surface area contributed by atoms with Crippen molar-refractivity contribution in [2.45, 2.75) is 13.0 Å². The van der Waals surface area contributed by atoms with Crippen molar-refractivity contribution in [3.05, 3.63) is 59.4 Å². The lowest BCUT2D eigenvalue weighted by Gasteiger charge is -2.04. The molecular weight excluding hydrogens is 243 g/mol. The predicted octanol–water partition coefficient (Wildman–Crippen LogP) is 2.15. The first-order valence-electron chi connectivity index (χ1n) is 6.02. The molecule has 2 heterocycles. The predicted molar refractivity (Wildman–Crippen MR) is 71.0 cm³/mol. The molecule has 96 valence electrons. The first-order valence-corrected chi connectivity index (χ1v) is 6.02. The van der Waals surface area contributed by atoms with Gasteiger partial charge in [0, 0.05) is 24.5 Å². The first kappa shape index (κ1) is 11.8. The van der Waals surface area contributed by atoms with Gasteiger partial charge in [0.2, 0.25) is 0 Å². The van der Waals surface area contributed by atoms with Gasteiger partial charge in [0.25, 0.3) is 0 Å². The van der Waals surface area contributed by atoms with Crippen LogP contribution >= 0.6 is 0 Å². The Balaban J connectivity index is 2.04. The second-order valence-electron chi connectivity index (χ2n) is 4.37. The molecule has 3 aromatic rings. The van der Waals surface area contributed by atoms with Crippen molar-refractivity contribution in [3.8, 4) is 0 Å². The Morgan fingerprint density at radius 1 is 1.16 bits per heavy atom. The number of nitrogens with two attached hydrogens (primary N) is 1. The molecule has 0 aliphatic heterocycles. The number of hydrogen-bond donors (Lipinski definition) is 2. The molecule has 5 heteroatoms. The van der Waals surface area contributed by atoms with E-state index in [0.29, 0.717) is 13.0 Å². The minimum absolute atomic E-state index is 0.235. The van der Waals surface area contributed by atoms with Crippen LogP contribution in [0, 0.1) is 5.82 Å². The highest BCUT2D eigenvalue weighted by Gasteiger charge is 2.10. The zero-order chi connectivity index (χ0) is 13.2.